The predicted octanol–water partition coefficient (Wildman–Crippen LogP) is 4.16. The second kappa shape index (κ2) is 7.79. The molecule has 0 aliphatic carbocycles. The number of hydrogen-bond donors (Lipinski definition) is 1. The fourth-order valence-electron chi connectivity index (χ4n) is 2.40. The molecule has 136 valence electrons. The van der Waals surface area contributed by atoms with E-state index in [1.807, 2.05) is 6.92 Å². The number of carbonyl (C=O) groups is 2. The van der Waals surface area contributed by atoms with Crippen LogP contribution < -0.4 is 5.32 Å². The monoisotopic (exact) mass is 391 g/mol. The highest BCUT2D eigenvalue weighted by Gasteiger charge is 2.21. The minimum atomic E-state index is -0.426. The zero-order chi connectivity index (χ0) is 18.7. The summed E-state index contributed by atoms with van der Waals surface area (Å²) in [5, 5.41) is 6.06. The van der Waals surface area contributed by atoms with E-state index in [9.17, 15) is 9.59 Å². The highest BCUT2D eigenvalue weighted by Crippen LogP contribution is 2.35. The molecule has 3 heterocycles. The molecular formula is C17H17N3O4S2. The molecule has 3 rings (SSSR count). The third kappa shape index (κ3) is 3.54. The summed E-state index contributed by atoms with van der Waals surface area (Å²) in [6.45, 7) is 5.99. The van der Waals surface area contributed by atoms with Crippen LogP contribution in [0.5, 0.6) is 0 Å². The summed E-state index contributed by atoms with van der Waals surface area (Å²) < 4.78 is 10.2. The lowest BCUT2D eigenvalue weighted by molar-refractivity contribution is 0.0518. The van der Waals surface area contributed by atoms with Crippen molar-refractivity contribution in [3.8, 4) is 0 Å². The van der Waals surface area contributed by atoms with E-state index in [0.29, 0.717) is 38.8 Å². The number of carbonyl (C=O) groups excluding carboxylic acids is 2. The number of ether oxygens (including phenoxy) is 2. The van der Waals surface area contributed by atoms with Gasteiger partial charge in [0.15, 0.2) is 0 Å². The van der Waals surface area contributed by atoms with E-state index in [2.05, 4.69) is 15.3 Å². The second-order valence-electron chi connectivity index (χ2n) is 5.22. The van der Waals surface area contributed by atoms with Crippen LogP contribution in [0.3, 0.4) is 0 Å². The van der Waals surface area contributed by atoms with Gasteiger partial charge in [0.05, 0.1) is 29.7 Å². The van der Waals surface area contributed by atoms with Crippen LogP contribution in [0.2, 0.25) is 0 Å². The van der Waals surface area contributed by atoms with Crippen molar-refractivity contribution in [2.75, 3.05) is 18.5 Å². The lowest BCUT2D eigenvalue weighted by Crippen LogP contribution is -2.07. The van der Waals surface area contributed by atoms with Crippen LogP contribution in [0.15, 0.2) is 17.8 Å². The molecule has 9 heteroatoms. The van der Waals surface area contributed by atoms with E-state index in [1.165, 1.54) is 29.0 Å². The number of aryl methyl sites for hydroxylation is 1. The van der Waals surface area contributed by atoms with E-state index >= 15 is 0 Å². The van der Waals surface area contributed by atoms with Gasteiger partial charge < -0.3 is 14.8 Å². The quantitative estimate of drug-likeness (QED) is 0.631. The Bertz CT molecular complexity index is 964. The number of nitrogens with zero attached hydrogens (tertiary/aromatic N) is 2. The Morgan fingerprint density at radius 1 is 1.12 bits per heavy atom. The third-order valence-corrected chi connectivity index (χ3v) is 5.30. The molecule has 0 fully saturated rings. The highest BCUT2D eigenvalue weighted by atomic mass is 32.1. The first-order valence-corrected chi connectivity index (χ1v) is 9.68. The maximum Gasteiger partial charge on any atom is 0.341 e. The molecular weight excluding hydrogens is 374 g/mol. The predicted molar refractivity (Wildman–Crippen MR) is 102 cm³/mol. The number of hydrogen-bond acceptors (Lipinski definition) is 9. The molecule has 0 bridgehead atoms. The maximum atomic E-state index is 12.2. The van der Waals surface area contributed by atoms with Crippen molar-refractivity contribution < 1.29 is 19.1 Å². The molecule has 0 saturated carbocycles. The molecule has 0 aliphatic heterocycles. The molecule has 0 spiro atoms. The van der Waals surface area contributed by atoms with E-state index in [0.717, 1.165) is 4.88 Å². The third-order valence-electron chi connectivity index (χ3n) is 3.45. The number of nitrogens with one attached hydrogen (secondary N) is 1. The van der Waals surface area contributed by atoms with Gasteiger partial charge >= 0.3 is 11.9 Å². The normalized spacial score (nSPS) is 10.7. The Morgan fingerprint density at radius 3 is 2.50 bits per heavy atom. The van der Waals surface area contributed by atoms with Crippen LogP contribution in [0.4, 0.5) is 10.8 Å². The van der Waals surface area contributed by atoms with Crippen LogP contribution in [0, 0.1) is 6.92 Å². The summed E-state index contributed by atoms with van der Waals surface area (Å²) in [5.74, 6) is -0.378. The minimum absolute atomic E-state index is 0.281. The fourth-order valence-corrected chi connectivity index (χ4v) is 4.18. The average Bonchev–Trinajstić information content (AvgIpc) is 3.19. The van der Waals surface area contributed by atoms with Gasteiger partial charge in [0.25, 0.3) is 0 Å². The van der Waals surface area contributed by atoms with Gasteiger partial charge in [-0.3, -0.25) is 0 Å². The van der Waals surface area contributed by atoms with Crippen molar-refractivity contribution in [2.24, 2.45) is 0 Å². The van der Waals surface area contributed by atoms with Gasteiger partial charge in [0, 0.05) is 10.3 Å². The largest absolute Gasteiger partial charge is 0.462 e. The number of fused-ring (bicyclic) bond motifs is 1. The lowest BCUT2D eigenvalue weighted by atomic mass is 10.2. The van der Waals surface area contributed by atoms with Crippen LogP contribution in [-0.2, 0) is 9.47 Å². The summed E-state index contributed by atoms with van der Waals surface area (Å²) in [4.78, 5) is 34.5. The summed E-state index contributed by atoms with van der Waals surface area (Å²) in [5.41, 5.74) is 0.843. The van der Waals surface area contributed by atoms with Gasteiger partial charge in [-0.1, -0.05) is 0 Å². The lowest BCUT2D eigenvalue weighted by Gasteiger charge is -2.08. The molecule has 3 aromatic heterocycles. The van der Waals surface area contributed by atoms with Crippen molar-refractivity contribution >= 4 is 55.6 Å². The van der Waals surface area contributed by atoms with Crippen LogP contribution >= 0.6 is 22.7 Å². The Morgan fingerprint density at radius 2 is 1.81 bits per heavy atom. The smallest absolute Gasteiger partial charge is 0.341 e. The summed E-state index contributed by atoms with van der Waals surface area (Å²) >= 11 is 2.75. The van der Waals surface area contributed by atoms with Crippen LogP contribution in [0.25, 0.3) is 10.2 Å². The van der Waals surface area contributed by atoms with E-state index < -0.39 is 11.9 Å². The number of thiophene rings is 2. The van der Waals surface area contributed by atoms with Gasteiger partial charge in [0.2, 0.25) is 0 Å². The van der Waals surface area contributed by atoms with E-state index in [1.54, 1.807) is 25.3 Å². The zero-order valence-corrected chi connectivity index (χ0v) is 16.1. The summed E-state index contributed by atoms with van der Waals surface area (Å²) in [6, 6.07) is 1.77. The first-order chi connectivity index (χ1) is 12.5. The van der Waals surface area contributed by atoms with Gasteiger partial charge in [-0.25, -0.2) is 19.6 Å². The standard InChI is InChI=1S/C17H17N3O4S2/c1-4-23-16(21)10-6-9(3)26-14(10)20-13-12-11(17(22)24-5-2)7-25-15(12)19-8-18-13/h6-8H,4-5H2,1-3H3,(H,18,19,20). The first-order valence-electron chi connectivity index (χ1n) is 7.99. The Balaban J connectivity index is 2.04. The summed E-state index contributed by atoms with van der Waals surface area (Å²) in [6.07, 6.45) is 1.42. The van der Waals surface area contributed by atoms with Gasteiger partial charge in [0.1, 0.15) is 22.0 Å². The highest BCUT2D eigenvalue weighted by molar-refractivity contribution is 7.17. The number of rotatable bonds is 6. The van der Waals surface area contributed by atoms with E-state index in [-0.39, 0.29) is 6.61 Å². The summed E-state index contributed by atoms with van der Waals surface area (Å²) in [7, 11) is 0. The van der Waals surface area contributed by atoms with Crippen molar-refractivity contribution in [1.82, 2.24) is 9.97 Å². The van der Waals surface area contributed by atoms with Crippen LogP contribution in [0.1, 0.15) is 39.4 Å². The van der Waals surface area contributed by atoms with Crippen molar-refractivity contribution in [1.29, 1.82) is 0 Å². The molecule has 0 aromatic carbocycles. The van der Waals surface area contributed by atoms with Gasteiger partial charge in [-0.05, 0) is 26.8 Å². The SMILES string of the molecule is CCOC(=O)c1cc(C)sc1Nc1ncnc2scc(C(=O)OCC)c12. The Hall–Kier alpha value is -2.52. The molecule has 0 atom stereocenters. The van der Waals surface area contributed by atoms with E-state index in [4.69, 9.17) is 9.47 Å². The minimum Gasteiger partial charge on any atom is -0.462 e. The molecule has 7 nitrogen and oxygen atoms in total. The van der Waals surface area contributed by atoms with Gasteiger partial charge in [-0.15, -0.1) is 22.7 Å². The maximum absolute atomic E-state index is 12.2. The molecule has 0 radical (unpaired) electrons. The van der Waals surface area contributed by atoms with Gasteiger partial charge in [-0.2, -0.15) is 0 Å². The topological polar surface area (TPSA) is 90.4 Å². The zero-order valence-electron chi connectivity index (χ0n) is 14.5. The van der Waals surface area contributed by atoms with Crippen molar-refractivity contribution in [3.05, 3.63) is 33.8 Å². The van der Waals surface area contributed by atoms with Crippen molar-refractivity contribution in [2.45, 2.75) is 20.8 Å². The van der Waals surface area contributed by atoms with Crippen LogP contribution in [-0.4, -0.2) is 35.1 Å². The second-order valence-corrected chi connectivity index (χ2v) is 7.33. The molecule has 0 amide bonds. The Kier molecular flexibility index (Phi) is 5.48. The molecule has 0 aliphatic rings. The number of esters is 2. The molecule has 0 saturated heterocycles. The molecule has 3 aromatic rings. The molecule has 0 unspecified atom stereocenters. The molecule has 1 N–H and O–H groups in total. The van der Waals surface area contributed by atoms with Crippen molar-refractivity contribution in [3.63, 3.8) is 0 Å². The molecule has 26 heavy (non-hydrogen) atoms. The number of aromatic nitrogens is 2. The number of anilines is 2. The first kappa shape index (κ1) is 18.3. The fraction of sp³-hybridized carbons (Fsp3) is 0.294. The Labute approximate surface area is 158 Å². The average molecular weight is 391 g/mol.